The SMILES string of the molecule is CCCCCCCCNc1cc(OC(C)C)ncn1. The van der Waals surface area contributed by atoms with Crippen molar-refractivity contribution in [2.75, 3.05) is 11.9 Å². The Hall–Kier alpha value is -1.32. The van der Waals surface area contributed by atoms with Crippen LogP contribution >= 0.6 is 0 Å². The molecule has 1 aromatic heterocycles. The van der Waals surface area contributed by atoms with Crippen molar-refractivity contribution in [3.8, 4) is 5.88 Å². The molecule has 19 heavy (non-hydrogen) atoms. The van der Waals surface area contributed by atoms with E-state index in [2.05, 4.69) is 22.2 Å². The van der Waals surface area contributed by atoms with Crippen LogP contribution in [0.2, 0.25) is 0 Å². The van der Waals surface area contributed by atoms with Crippen LogP contribution in [0, 0.1) is 0 Å². The summed E-state index contributed by atoms with van der Waals surface area (Å²) in [5.41, 5.74) is 0. The van der Waals surface area contributed by atoms with E-state index in [9.17, 15) is 0 Å². The van der Waals surface area contributed by atoms with Crippen LogP contribution in [0.25, 0.3) is 0 Å². The third kappa shape index (κ3) is 7.65. The predicted octanol–water partition coefficient (Wildman–Crippen LogP) is 4.04. The van der Waals surface area contributed by atoms with Crippen LogP contribution in [0.4, 0.5) is 5.82 Å². The Kier molecular flexibility index (Phi) is 7.94. The number of aromatic nitrogens is 2. The summed E-state index contributed by atoms with van der Waals surface area (Å²) in [5.74, 6) is 1.48. The molecule has 0 aliphatic rings. The first-order valence-electron chi connectivity index (χ1n) is 7.45. The quantitative estimate of drug-likeness (QED) is 0.649. The summed E-state index contributed by atoms with van der Waals surface area (Å²) >= 11 is 0. The van der Waals surface area contributed by atoms with Crippen molar-refractivity contribution < 1.29 is 4.74 Å². The van der Waals surface area contributed by atoms with Gasteiger partial charge < -0.3 is 10.1 Å². The van der Waals surface area contributed by atoms with Gasteiger partial charge in [0.2, 0.25) is 5.88 Å². The maximum Gasteiger partial charge on any atom is 0.218 e. The Bertz CT molecular complexity index is 342. The van der Waals surface area contributed by atoms with Crippen molar-refractivity contribution in [2.24, 2.45) is 0 Å². The van der Waals surface area contributed by atoms with Gasteiger partial charge in [0.05, 0.1) is 6.10 Å². The van der Waals surface area contributed by atoms with Crippen molar-refractivity contribution in [3.63, 3.8) is 0 Å². The average Bonchev–Trinajstić information content (AvgIpc) is 2.37. The van der Waals surface area contributed by atoms with E-state index in [0.717, 1.165) is 12.4 Å². The van der Waals surface area contributed by atoms with Gasteiger partial charge in [-0.2, -0.15) is 0 Å². The number of rotatable bonds is 10. The molecule has 0 spiro atoms. The summed E-state index contributed by atoms with van der Waals surface area (Å²) < 4.78 is 5.54. The molecular formula is C15H27N3O. The Morgan fingerprint density at radius 3 is 2.58 bits per heavy atom. The van der Waals surface area contributed by atoms with Crippen molar-refractivity contribution >= 4 is 5.82 Å². The van der Waals surface area contributed by atoms with Crippen molar-refractivity contribution in [1.29, 1.82) is 0 Å². The third-order valence-electron chi connectivity index (χ3n) is 2.83. The van der Waals surface area contributed by atoms with E-state index >= 15 is 0 Å². The molecule has 0 saturated carbocycles. The Morgan fingerprint density at radius 1 is 1.11 bits per heavy atom. The summed E-state index contributed by atoms with van der Waals surface area (Å²) in [6.07, 6.45) is 9.51. The molecule has 0 amide bonds. The van der Waals surface area contributed by atoms with Crippen LogP contribution in [0.5, 0.6) is 5.88 Å². The normalized spacial score (nSPS) is 10.7. The molecule has 0 bridgehead atoms. The largest absolute Gasteiger partial charge is 0.475 e. The fourth-order valence-corrected chi connectivity index (χ4v) is 1.86. The number of anilines is 1. The highest BCUT2D eigenvalue weighted by Crippen LogP contribution is 2.13. The van der Waals surface area contributed by atoms with Crippen molar-refractivity contribution in [1.82, 2.24) is 9.97 Å². The second kappa shape index (κ2) is 9.59. The molecule has 1 N–H and O–H groups in total. The minimum atomic E-state index is 0.140. The molecule has 0 unspecified atom stereocenters. The first-order valence-corrected chi connectivity index (χ1v) is 7.45. The number of ether oxygens (including phenoxy) is 1. The smallest absolute Gasteiger partial charge is 0.218 e. The maximum atomic E-state index is 5.54. The van der Waals surface area contributed by atoms with Gasteiger partial charge in [-0.1, -0.05) is 39.0 Å². The molecule has 4 heteroatoms. The Balaban J connectivity index is 2.18. The van der Waals surface area contributed by atoms with Crippen LogP contribution in [0.15, 0.2) is 12.4 Å². The lowest BCUT2D eigenvalue weighted by Gasteiger charge is -2.10. The number of nitrogens with zero attached hydrogens (tertiary/aromatic N) is 2. The molecule has 0 saturated heterocycles. The molecule has 4 nitrogen and oxygen atoms in total. The molecule has 0 aliphatic carbocycles. The van der Waals surface area contributed by atoms with Gasteiger partial charge in [-0.25, -0.2) is 9.97 Å². The Labute approximate surface area is 117 Å². The predicted molar refractivity (Wildman–Crippen MR) is 79.7 cm³/mol. The number of hydrogen-bond donors (Lipinski definition) is 1. The molecule has 108 valence electrons. The van der Waals surface area contributed by atoms with E-state index in [1.165, 1.54) is 38.5 Å². The highest BCUT2D eigenvalue weighted by Gasteiger charge is 2.01. The second-order valence-electron chi connectivity index (χ2n) is 5.10. The molecule has 0 radical (unpaired) electrons. The lowest BCUT2D eigenvalue weighted by atomic mass is 10.1. The lowest BCUT2D eigenvalue weighted by molar-refractivity contribution is 0.232. The molecule has 0 fully saturated rings. The second-order valence-corrected chi connectivity index (χ2v) is 5.10. The van der Waals surface area contributed by atoms with Gasteiger partial charge in [0.1, 0.15) is 12.1 Å². The van der Waals surface area contributed by atoms with Gasteiger partial charge in [0.25, 0.3) is 0 Å². The maximum absolute atomic E-state index is 5.54. The highest BCUT2D eigenvalue weighted by molar-refractivity contribution is 5.36. The standard InChI is InChI=1S/C15H27N3O/c1-4-5-6-7-8-9-10-16-14-11-15(18-12-17-14)19-13(2)3/h11-13H,4-10H2,1-3H3,(H,16,17,18). The van der Waals surface area contributed by atoms with E-state index in [4.69, 9.17) is 4.74 Å². The van der Waals surface area contributed by atoms with Crippen molar-refractivity contribution in [2.45, 2.75) is 65.4 Å². The summed E-state index contributed by atoms with van der Waals surface area (Å²) in [5, 5.41) is 3.32. The zero-order chi connectivity index (χ0) is 13.9. The zero-order valence-corrected chi connectivity index (χ0v) is 12.5. The molecule has 0 aromatic carbocycles. The van der Waals surface area contributed by atoms with Gasteiger partial charge in [0.15, 0.2) is 0 Å². The van der Waals surface area contributed by atoms with E-state index in [-0.39, 0.29) is 6.10 Å². The van der Waals surface area contributed by atoms with Crippen LogP contribution in [-0.2, 0) is 0 Å². The molecule has 0 aliphatic heterocycles. The molecular weight excluding hydrogens is 238 g/mol. The molecule has 0 atom stereocenters. The average molecular weight is 265 g/mol. The number of hydrogen-bond acceptors (Lipinski definition) is 4. The summed E-state index contributed by atoms with van der Waals surface area (Å²) in [6.45, 7) is 7.19. The topological polar surface area (TPSA) is 47.0 Å². The first-order chi connectivity index (χ1) is 9.22. The Morgan fingerprint density at radius 2 is 1.84 bits per heavy atom. The van der Waals surface area contributed by atoms with Gasteiger partial charge in [-0.3, -0.25) is 0 Å². The van der Waals surface area contributed by atoms with Crippen LogP contribution < -0.4 is 10.1 Å². The number of nitrogens with one attached hydrogen (secondary N) is 1. The summed E-state index contributed by atoms with van der Waals surface area (Å²) in [4.78, 5) is 8.28. The fourth-order valence-electron chi connectivity index (χ4n) is 1.86. The fraction of sp³-hybridized carbons (Fsp3) is 0.733. The minimum absolute atomic E-state index is 0.140. The van der Waals surface area contributed by atoms with E-state index < -0.39 is 0 Å². The lowest BCUT2D eigenvalue weighted by Crippen LogP contribution is -2.08. The number of unbranched alkanes of at least 4 members (excludes halogenated alkanes) is 5. The van der Waals surface area contributed by atoms with Gasteiger partial charge >= 0.3 is 0 Å². The van der Waals surface area contributed by atoms with E-state index in [0.29, 0.717) is 5.88 Å². The first kappa shape index (κ1) is 15.7. The van der Waals surface area contributed by atoms with E-state index in [1.54, 1.807) is 6.33 Å². The zero-order valence-electron chi connectivity index (χ0n) is 12.5. The minimum Gasteiger partial charge on any atom is -0.475 e. The van der Waals surface area contributed by atoms with Gasteiger partial charge in [-0.05, 0) is 20.3 Å². The highest BCUT2D eigenvalue weighted by atomic mass is 16.5. The van der Waals surface area contributed by atoms with Crippen LogP contribution in [-0.4, -0.2) is 22.6 Å². The van der Waals surface area contributed by atoms with Crippen LogP contribution in [0.1, 0.15) is 59.3 Å². The van der Waals surface area contributed by atoms with E-state index in [1.807, 2.05) is 19.9 Å². The van der Waals surface area contributed by atoms with Crippen molar-refractivity contribution in [3.05, 3.63) is 12.4 Å². The molecule has 1 heterocycles. The summed E-state index contributed by atoms with van der Waals surface area (Å²) in [6, 6.07) is 1.86. The molecule has 1 aromatic rings. The van der Waals surface area contributed by atoms with Gasteiger partial charge in [-0.15, -0.1) is 0 Å². The van der Waals surface area contributed by atoms with Crippen LogP contribution in [0.3, 0.4) is 0 Å². The molecule has 1 rings (SSSR count). The summed E-state index contributed by atoms with van der Waals surface area (Å²) in [7, 11) is 0. The van der Waals surface area contributed by atoms with Gasteiger partial charge in [0, 0.05) is 12.6 Å². The monoisotopic (exact) mass is 265 g/mol. The third-order valence-corrected chi connectivity index (χ3v) is 2.83.